The summed E-state index contributed by atoms with van der Waals surface area (Å²) in [5.41, 5.74) is -5.12. The van der Waals surface area contributed by atoms with Gasteiger partial charge in [-0.3, -0.25) is 0 Å². The van der Waals surface area contributed by atoms with E-state index in [1.54, 1.807) is 81.9 Å². The molecule has 398 valence electrons. The highest BCUT2D eigenvalue weighted by Gasteiger charge is 2.39. The molecule has 0 amide bonds. The number of benzene rings is 9. The first-order valence-corrected chi connectivity index (χ1v) is 23.7. The zero-order valence-corrected chi connectivity index (χ0v) is 40.2. The molecule has 9 aromatic carbocycles. The van der Waals surface area contributed by atoms with Gasteiger partial charge in [0.15, 0.2) is 0 Å². The summed E-state index contributed by atoms with van der Waals surface area (Å²) in [5, 5.41) is 22.4. The van der Waals surface area contributed by atoms with Gasteiger partial charge in [0.05, 0.1) is 84.5 Å². The second kappa shape index (κ2) is 18.6. The number of hydrogen-bond acceptors (Lipinski definition) is 2. The number of hydrogen-bond donors (Lipinski definition) is 0. The van der Waals surface area contributed by atoms with Crippen molar-refractivity contribution in [1.29, 1.82) is 10.5 Å². The average molecular weight is 1100 g/mol. The predicted molar refractivity (Wildman–Crippen MR) is 271 cm³/mol. The molecule has 0 aliphatic rings. The second-order valence-corrected chi connectivity index (χ2v) is 18.7. The van der Waals surface area contributed by atoms with Crippen molar-refractivity contribution >= 4 is 43.6 Å². The minimum Gasteiger partial charge on any atom is -0.309 e. The van der Waals surface area contributed by atoms with Gasteiger partial charge in [-0.15, -0.1) is 0 Å². The molecule has 0 aliphatic carbocycles. The van der Waals surface area contributed by atoms with Gasteiger partial charge in [0.1, 0.15) is 0 Å². The minimum atomic E-state index is -5.16. The molecule has 80 heavy (non-hydrogen) atoms. The van der Waals surface area contributed by atoms with Crippen molar-refractivity contribution in [1.82, 2.24) is 9.13 Å². The van der Waals surface area contributed by atoms with E-state index in [0.717, 1.165) is 12.1 Å². The molecular weight excluding hydrogens is 1070 g/mol. The fourth-order valence-corrected chi connectivity index (χ4v) is 10.3. The summed E-state index contributed by atoms with van der Waals surface area (Å²) in [7, 11) is 0. The maximum atomic E-state index is 14.1. The summed E-state index contributed by atoms with van der Waals surface area (Å²) in [4.78, 5) is 0. The Bertz CT molecular complexity index is 4370. The van der Waals surface area contributed by atoms with Crippen molar-refractivity contribution in [3.8, 4) is 68.0 Å². The van der Waals surface area contributed by atoms with Crippen LogP contribution in [0, 0.1) is 22.7 Å². The molecule has 2 heterocycles. The minimum absolute atomic E-state index is 0.0123. The topological polar surface area (TPSA) is 57.4 Å². The first kappa shape index (κ1) is 52.6. The van der Waals surface area contributed by atoms with Gasteiger partial charge in [-0.25, -0.2) is 0 Å². The molecular formula is C61H29F15N4. The number of nitriles is 2. The van der Waals surface area contributed by atoms with Crippen LogP contribution in [0.3, 0.4) is 0 Å². The third-order valence-electron chi connectivity index (χ3n) is 13.9. The van der Waals surface area contributed by atoms with Crippen molar-refractivity contribution in [3.05, 3.63) is 215 Å². The number of alkyl halides is 15. The Kier molecular flexibility index (Phi) is 12.2. The maximum Gasteiger partial charge on any atom is 0.416 e. The third kappa shape index (κ3) is 9.27. The molecule has 0 saturated carbocycles. The molecule has 0 radical (unpaired) electrons. The van der Waals surface area contributed by atoms with E-state index in [9.17, 15) is 76.4 Å². The molecule has 0 aliphatic heterocycles. The van der Waals surface area contributed by atoms with Gasteiger partial charge in [-0.2, -0.15) is 76.4 Å². The van der Waals surface area contributed by atoms with Crippen molar-refractivity contribution < 1.29 is 65.9 Å². The SMILES string of the molecule is N#Cc1ccc(-n2c3ccccc3c3cc(-c4cc(C(F)(F)F)cc(C(F)(F)F)c4)ccc32)c(-c2ccc(-c3ccc(C(F)(F)F)cc3C#N)cc2-n2c3ccccc3c3cc(-c4cc(C(F)(F)F)cc(C(F)(F)F)c4)ccc32)c1. The zero-order valence-electron chi connectivity index (χ0n) is 40.2. The van der Waals surface area contributed by atoms with Gasteiger partial charge in [-0.05, 0) is 143 Å². The number of rotatable bonds is 6. The van der Waals surface area contributed by atoms with E-state index in [-0.39, 0.29) is 56.8 Å². The van der Waals surface area contributed by atoms with E-state index < -0.39 is 64.3 Å². The fourth-order valence-electron chi connectivity index (χ4n) is 10.3. The molecule has 19 heteroatoms. The van der Waals surface area contributed by atoms with Crippen LogP contribution in [0.2, 0.25) is 0 Å². The maximum absolute atomic E-state index is 14.1. The Hall–Kier alpha value is -9.49. The fraction of sp³-hybridized carbons (Fsp3) is 0.0820. The van der Waals surface area contributed by atoms with E-state index in [1.807, 2.05) is 6.07 Å². The third-order valence-corrected chi connectivity index (χ3v) is 13.9. The van der Waals surface area contributed by atoms with Gasteiger partial charge in [0.2, 0.25) is 0 Å². The van der Waals surface area contributed by atoms with E-state index in [2.05, 4.69) is 6.07 Å². The van der Waals surface area contributed by atoms with Gasteiger partial charge in [-0.1, -0.05) is 66.7 Å². The zero-order chi connectivity index (χ0) is 57.0. The molecule has 0 N–H and O–H groups in total. The van der Waals surface area contributed by atoms with Crippen LogP contribution < -0.4 is 0 Å². The molecule has 11 aromatic rings. The van der Waals surface area contributed by atoms with Gasteiger partial charge < -0.3 is 9.13 Å². The summed E-state index contributed by atoms with van der Waals surface area (Å²) in [6.07, 6.45) is -25.4. The second-order valence-electron chi connectivity index (χ2n) is 18.7. The summed E-state index contributed by atoms with van der Waals surface area (Å²) in [6, 6.07) is 40.4. The lowest BCUT2D eigenvalue weighted by Crippen LogP contribution is -2.11. The first-order chi connectivity index (χ1) is 37.7. The first-order valence-electron chi connectivity index (χ1n) is 23.7. The highest BCUT2D eigenvalue weighted by molar-refractivity contribution is 6.13. The van der Waals surface area contributed by atoms with E-state index in [4.69, 9.17) is 0 Å². The van der Waals surface area contributed by atoms with Crippen LogP contribution in [0.25, 0.3) is 99.5 Å². The molecule has 11 rings (SSSR count). The Balaban J connectivity index is 1.19. The van der Waals surface area contributed by atoms with Crippen LogP contribution in [0.5, 0.6) is 0 Å². The largest absolute Gasteiger partial charge is 0.416 e. The Morgan fingerprint density at radius 3 is 1.16 bits per heavy atom. The number of aromatic nitrogens is 2. The van der Waals surface area contributed by atoms with E-state index >= 15 is 0 Å². The molecule has 0 saturated heterocycles. The lowest BCUT2D eigenvalue weighted by atomic mass is 9.93. The molecule has 2 aromatic heterocycles. The van der Waals surface area contributed by atoms with Gasteiger partial charge in [0, 0.05) is 32.7 Å². The standard InChI is InChI=1S/C61H29F15N4/c62-57(63,64)39-13-15-44(38(24-39)31-78)35-10-14-47(56(27-35)80-52-8-4-2-6-46(52)50-26-34(12-18-55(50)80)37-22-42(60(71,72)73)29-43(23-37)61(74,75)76)48-19-32(30-77)9-16-53(48)79-51-7-3-1-5-45(51)49-25-33(11-17-54(49)79)36-20-40(58(65,66)67)28-41(21-36)59(68,69)70/h1-29H. The molecule has 4 nitrogen and oxygen atoms in total. The van der Waals surface area contributed by atoms with Crippen LogP contribution in [0.4, 0.5) is 65.9 Å². The van der Waals surface area contributed by atoms with Crippen molar-refractivity contribution in [2.75, 3.05) is 0 Å². The predicted octanol–water partition coefficient (Wildman–Crippen LogP) is 19.4. The van der Waals surface area contributed by atoms with Crippen LogP contribution in [-0.2, 0) is 30.9 Å². The quantitative estimate of drug-likeness (QED) is 0.156. The molecule has 0 atom stereocenters. The van der Waals surface area contributed by atoms with Crippen molar-refractivity contribution in [3.63, 3.8) is 0 Å². The monoisotopic (exact) mass is 1100 g/mol. The Morgan fingerprint density at radius 1 is 0.287 bits per heavy atom. The lowest BCUT2D eigenvalue weighted by molar-refractivity contribution is -0.144. The molecule has 0 fully saturated rings. The van der Waals surface area contributed by atoms with E-state index in [0.29, 0.717) is 90.8 Å². The highest BCUT2D eigenvalue weighted by atomic mass is 19.4. The van der Waals surface area contributed by atoms with Crippen LogP contribution >= 0.6 is 0 Å². The number of nitrogens with zero attached hydrogens (tertiary/aromatic N) is 4. The van der Waals surface area contributed by atoms with E-state index in [1.165, 1.54) is 48.5 Å². The van der Waals surface area contributed by atoms with Crippen LogP contribution in [0.15, 0.2) is 176 Å². The smallest absolute Gasteiger partial charge is 0.309 e. The average Bonchev–Trinajstić information content (AvgIpc) is 4.18. The summed E-state index contributed by atoms with van der Waals surface area (Å²) < 4.78 is 215. The van der Waals surface area contributed by atoms with Crippen LogP contribution in [0.1, 0.15) is 38.9 Å². The van der Waals surface area contributed by atoms with Crippen LogP contribution in [-0.4, -0.2) is 9.13 Å². The highest BCUT2D eigenvalue weighted by Crippen LogP contribution is 2.47. The number of fused-ring (bicyclic) bond motifs is 6. The lowest BCUT2D eigenvalue weighted by Gasteiger charge is -2.20. The number of halogens is 15. The Morgan fingerprint density at radius 2 is 0.713 bits per heavy atom. The normalized spacial score (nSPS) is 12.7. The summed E-state index contributed by atoms with van der Waals surface area (Å²) >= 11 is 0. The molecule has 0 unspecified atom stereocenters. The molecule has 0 bridgehead atoms. The van der Waals surface area contributed by atoms with Crippen molar-refractivity contribution in [2.24, 2.45) is 0 Å². The summed E-state index contributed by atoms with van der Waals surface area (Å²) in [5.74, 6) is 0. The van der Waals surface area contributed by atoms with Gasteiger partial charge in [0.25, 0.3) is 0 Å². The van der Waals surface area contributed by atoms with Crippen molar-refractivity contribution in [2.45, 2.75) is 30.9 Å². The molecule has 0 spiro atoms. The summed E-state index contributed by atoms with van der Waals surface area (Å²) in [6.45, 7) is 0. The number of para-hydroxylation sites is 2. The Labute approximate surface area is 441 Å². The van der Waals surface area contributed by atoms with Gasteiger partial charge >= 0.3 is 30.9 Å².